The zero-order chi connectivity index (χ0) is 11.2. The minimum Gasteiger partial charge on any atom is -0.481 e. The maximum Gasteiger partial charge on any atom is 0.307 e. The highest BCUT2D eigenvalue weighted by atomic mass is 16.4. The van der Waals surface area contributed by atoms with Gasteiger partial charge >= 0.3 is 5.97 Å². The molecule has 2 unspecified atom stereocenters. The molecule has 0 spiro atoms. The van der Waals surface area contributed by atoms with Crippen LogP contribution in [0.1, 0.15) is 30.9 Å². The van der Waals surface area contributed by atoms with Crippen LogP contribution in [0.15, 0.2) is 24.3 Å². The zero-order valence-corrected chi connectivity index (χ0v) is 9.32. The summed E-state index contributed by atoms with van der Waals surface area (Å²) in [5.74, 6) is -0.721. The third-order valence-electron chi connectivity index (χ3n) is 3.53. The van der Waals surface area contributed by atoms with Gasteiger partial charge < -0.3 is 5.11 Å². The molecule has 0 aliphatic heterocycles. The van der Waals surface area contributed by atoms with E-state index in [-0.39, 0.29) is 17.3 Å². The highest BCUT2D eigenvalue weighted by Crippen LogP contribution is 2.64. The summed E-state index contributed by atoms with van der Waals surface area (Å²) in [4.78, 5) is 11.0. The molecule has 1 aromatic carbocycles. The predicted octanol–water partition coefficient (Wildman–Crippen LogP) is 2.82. The van der Waals surface area contributed by atoms with Crippen LogP contribution in [0.2, 0.25) is 0 Å². The Kier molecular flexibility index (Phi) is 2.10. The van der Waals surface area contributed by atoms with Crippen molar-refractivity contribution in [2.75, 3.05) is 0 Å². The molecular weight excluding hydrogens is 188 g/mol. The van der Waals surface area contributed by atoms with Crippen molar-refractivity contribution in [1.82, 2.24) is 0 Å². The van der Waals surface area contributed by atoms with Crippen molar-refractivity contribution in [1.29, 1.82) is 0 Å². The molecule has 0 heterocycles. The fourth-order valence-electron chi connectivity index (χ4n) is 2.49. The van der Waals surface area contributed by atoms with E-state index in [0.29, 0.717) is 0 Å². The molecule has 2 atom stereocenters. The third-order valence-corrected chi connectivity index (χ3v) is 3.53. The molecule has 1 fully saturated rings. The van der Waals surface area contributed by atoms with Crippen LogP contribution < -0.4 is 0 Å². The Balaban J connectivity index is 2.27. The number of carbonyl (C=O) groups is 1. The topological polar surface area (TPSA) is 37.3 Å². The second-order valence-electron chi connectivity index (χ2n) is 5.03. The van der Waals surface area contributed by atoms with E-state index < -0.39 is 5.97 Å². The molecule has 0 amide bonds. The smallest absolute Gasteiger partial charge is 0.307 e. The number of carboxylic acids is 1. The number of carboxylic acid groups (broad SMARTS) is 1. The SMILES string of the molecule is Cc1ccc(C2C(C(=O)O)C2(C)C)cc1. The number of aryl methyl sites for hydroxylation is 1. The van der Waals surface area contributed by atoms with Gasteiger partial charge in [-0.1, -0.05) is 43.7 Å². The quantitative estimate of drug-likeness (QED) is 0.804. The molecule has 0 saturated heterocycles. The van der Waals surface area contributed by atoms with Gasteiger partial charge in [-0.25, -0.2) is 0 Å². The predicted molar refractivity (Wildman–Crippen MR) is 58.8 cm³/mol. The molecule has 2 heteroatoms. The molecule has 15 heavy (non-hydrogen) atoms. The summed E-state index contributed by atoms with van der Waals surface area (Å²) in [6, 6.07) is 8.18. The van der Waals surface area contributed by atoms with Gasteiger partial charge in [0.05, 0.1) is 5.92 Å². The van der Waals surface area contributed by atoms with E-state index >= 15 is 0 Å². The maximum absolute atomic E-state index is 11.0. The van der Waals surface area contributed by atoms with Crippen LogP contribution in [0.3, 0.4) is 0 Å². The van der Waals surface area contributed by atoms with Gasteiger partial charge in [-0.05, 0) is 17.9 Å². The molecule has 0 bridgehead atoms. The largest absolute Gasteiger partial charge is 0.481 e. The lowest BCUT2D eigenvalue weighted by molar-refractivity contribution is -0.139. The monoisotopic (exact) mass is 204 g/mol. The van der Waals surface area contributed by atoms with Crippen molar-refractivity contribution < 1.29 is 9.90 Å². The molecule has 1 saturated carbocycles. The van der Waals surface area contributed by atoms with Gasteiger partial charge in [0.25, 0.3) is 0 Å². The number of rotatable bonds is 2. The molecule has 0 radical (unpaired) electrons. The van der Waals surface area contributed by atoms with Crippen LogP contribution in [-0.4, -0.2) is 11.1 Å². The summed E-state index contributed by atoms with van der Waals surface area (Å²) >= 11 is 0. The fraction of sp³-hybridized carbons (Fsp3) is 0.462. The highest BCUT2D eigenvalue weighted by Gasteiger charge is 2.62. The average molecular weight is 204 g/mol. The Morgan fingerprint density at radius 1 is 1.27 bits per heavy atom. The Morgan fingerprint density at radius 2 is 1.80 bits per heavy atom. The van der Waals surface area contributed by atoms with Crippen molar-refractivity contribution in [3.8, 4) is 0 Å². The average Bonchev–Trinajstić information content (AvgIpc) is 2.70. The summed E-state index contributed by atoms with van der Waals surface area (Å²) in [7, 11) is 0. The first-order chi connectivity index (χ1) is 6.94. The van der Waals surface area contributed by atoms with Crippen LogP contribution in [0.4, 0.5) is 0 Å². The van der Waals surface area contributed by atoms with Crippen molar-refractivity contribution in [3.63, 3.8) is 0 Å². The minimum absolute atomic E-state index is 0.0961. The Morgan fingerprint density at radius 3 is 2.20 bits per heavy atom. The van der Waals surface area contributed by atoms with Gasteiger partial charge in [0.1, 0.15) is 0 Å². The van der Waals surface area contributed by atoms with Crippen molar-refractivity contribution >= 4 is 5.97 Å². The van der Waals surface area contributed by atoms with Crippen LogP contribution in [0.25, 0.3) is 0 Å². The second kappa shape index (κ2) is 3.09. The molecule has 1 N–H and O–H groups in total. The van der Waals surface area contributed by atoms with Crippen molar-refractivity contribution in [3.05, 3.63) is 35.4 Å². The van der Waals surface area contributed by atoms with Crippen LogP contribution in [0, 0.1) is 18.3 Å². The van der Waals surface area contributed by atoms with Crippen LogP contribution >= 0.6 is 0 Å². The van der Waals surface area contributed by atoms with E-state index in [1.165, 1.54) is 5.56 Å². The van der Waals surface area contributed by atoms with E-state index in [2.05, 4.69) is 0 Å². The summed E-state index contributed by atoms with van der Waals surface area (Å²) in [6.45, 7) is 6.09. The van der Waals surface area contributed by atoms with E-state index in [0.717, 1.165) is 5.56 Å². The molecular formula is C13H16O2. The number of benzene rings is 1. The summed E-state index contributed by atoms with van der Waals surface area (Å²) in [5.41, 5.74) is 2.27. The molecule has 1 aromatic rings. The molecule has 2 nitrogen and oxygen atoms in total. The Hall–Kier alpha value is -1.31. The van der Waals surface area contributed by atoms with Gasteiger partial charge in [0, 0.05) is 5.92 Å². The second-order valence-corrected chi connectivity index (χ2v) is 5.03. The molecule has 1 aliphatic carbocycles. The first kappa shape index (κ1) is 10.2. The van der Waals surface area contributed by atoms with E-state index in [4.69, 9.17) is 5.11 Å². The van der Waals surface area contributed by atoms with E-state index in [1.54, 1.807) is 0 Å². The minimum atomic E-state index is -0.675. The lowest BCUT2D eigenvalue weighted by Crippen LogP contribution is -2.03. The normalized spacial score (nSPS) is 27.4. The van der Waals surface area contributed by atoms with Gasteiger partial charge in [-0.15, -0.1) is 0 Å². The van der Waals surface area contributed by atoms with Crippen LogP contribution in [-0.2, 0) is 4.79 Å². The number of hydrogen-bond donors (Lipinski definition) is 1. The van der Waals surface area contributed by atoms with Gasteiger partial charge in [-0.2, -0.15) is 0 Å². The van der Waals surface area contributed by atoms with Crippen LogP contribution in [0.5, 0.6) is 0 Å². The Bertz CT molecular complexity index is 390. The lowest BCUT2D eigenvalue weighted by atomic mass is 10.0. The van der Waals surface area contributed by atoms with Gasteiger partial charge in [0.2, 0.25) is 0 Å². The zero-order valence-electron chi connectivity index (χ0n) is 9.32. The molecule has 0 aromatic heterocycles. The summed E-state index contributed by atoms with van der Waals surface area (Å²) in [5, 5.41) is 9.08. The third kappa shape index (κ3) is 1.54. The van der Waals surface area contributed by atoms with Gasteiger partial charge in [-0.3, -0.25) is 4.79 Å². The number of aliphatic carboxylic acids is 1. The molecule has 2 rings (SSSR count). The first-order valence-electron chi connectivity index (χ1n) is 5.24. The summed E-state index contributed by atoms with van der Waals surface area (Å²) < 4.78 is 0. The van der Waals surface area contributed by atoms with E-state index in [1.807, 2.05) is 45.0 Å². The summed E-state index contributed by atoms with van der Waals surface area (Å²) in [6.07, 6.45) is 0. The Labute approximate surface area is 89.9 Å². The van der Waals surface area contributed by atoms with Crippen molar-refractivity contribution in [2.24, 2.45) is 11.3 Å². The standard InChI is InChI=1S/C13H16O2/c1-8-4-6-9(7-5-8)10-11(12(14)15)13(10,2)3/h4-7,10-11H,1-3H3,(H,14,15). The number of hydrogen-bond acceptors (Lipinski definition) is 1. The molecule has 1 aliphatic rings. The molecule has 80 valence electrons. The van der Waals surface area contributed by atoms with Crippen molar-refractivity contribution in [2.45, 2.75) is 26.7 Å². The van der Waals surface area contributed by atoms with E-state index in [9.17, 15) is 4.79 Å². The maximum atomic E-state index is 11.0. The highest BCUT2D eigenvalue weighted by molar-refractivity contribution is 5.77. The van der Waals surface area contributed by atoms with Gasteiger partial charge in [0.15, 0.2) is 0 Å². The fourth-order valence-corrected chi connectivity index (χ4v) is 2.49. The lowest BCUT2D eigenvalue weighted by Gasteiger charge is -2.02. The first-order valence-corrected chi connectivity index (χ1v) is 5.24.